The monoisotopic (exact) mass is 307 g/mol. The van der Waals surface area contributed by atoms with Gasteiger partial charge in [0.15, 0.2) is 0 Å². The highest BCUT2D eigenvalue weighted by Gasteiger charge is 2.35. The molecule has 4 nitrogen and oxygen atoms in total. The van der Waals surface area contributed by atoms with Crippen molar-refractivity contribution < 1.29 is 13.5 Å². The summed E-state index contributed by atoms with van der Waals surface area (Å²) < 4.78 is 27.0. The molecule has 2 unspecified atom stereocenters. The summed E-state index contributed by atoms with van der Waals surface area (Å²) in [5.74, 6) is 0.0521. The van der Waals surface area contributed by atoms with Gasteiger partial charge < -0.3 is 5.11 Å². The fourth-order valence-electron chi connectivity index (χ4n) is 3.14. The van der Waals surface area contributed by atoms with Crippen molar-refractivity contribution in [3.8, 4) is 0 Å². The van der Waals surface area contributed by atoms with Crippen molar-refractivity contribution in [3.63, 3.8) is 0 Å². The van der Waals surface area contributed by atoms with Crippen LogP contribution in [0.1, 0.15) is 30.9 Å². The van der Waals surface area contributed by atoms with Gasteiger partial charge in [0.2, 0.25) is 10.0 Å². The first-order chi connectivity index (χ1) is 9.98. The van der Waals surface area contributed by atoms with Gasteiger partial charge in [-0.15, -0.1) is 0 Å². The van der Waals surface area contributed by atoms with Crippen molar-refractivity contribution in [2.24, 2.45) is 5.92 Å². The summed E-state index contributed by atoms with van der Waals surface area (Å²) in [5.41, 5.74) is 2.22. The minimum absolute atomic E-state index is 0.0521. The second kappa shape index (κ2) is 5.55. The average Bonchev–Trinajstić information content (AvgIpc) is 2.97. The van der Waals surface area contributed by atoms with Gasteiger partial charge in [-0.2, -0.15) is 4.31 Å². The van der Waals surface area contributed by atoms with Crippen LogP contribution in [0.25, 0.3) is 6.08 Å². The molecule has 0 spiro atoms. The summed E-state index contributed by atoms with van der Waals surface area (Å²) in [6, 6.07) is 7.94. The van der Waals surface area contributed by atoms with E-state index < -0.39 is 16.1 Å². The van der Waals surface area contributed by atoms with Crippen molar-refractivity contribution in [2.75, 3.05) is 13.1 Å². The number of rotatable bonds is 3. The van der Waals surface area contributed by atoms with Gasteiger partial charge in [0.05, 0.1) is 11.0 Å². The Balaban J connectivity index is 1.85. The highest BCUT2D eigenvalue weighted by Crippen LogP contribution is 2.32. The topological polar surface area (TPSA) is 57.6 Å². The number of aliphatic hydroxyl groups is 1. The SMILES string of the molecule is CC(O)C1CCN(S(=O)(=O)C2=Cc3ccccc3CC2)C1. The molecule has 1 heterocycles. The van der Waals surface area contributed by atoms with Gasteiger partial charge in [0.25, 0.3) is 0 Å². The quantitative estimate of drug-likeness (QED) is 0.929. The van der Waals surface area contributed by atoms with Crippen LogP contribution in [-0.2, 0) is 16.4 Å². The molecule has 0 amide bonds. The first-order valence-corrected chi connectivity index (χ1v) is 8.89. The van der Waals surface area contributed by atoms with Gasteiger partial charge >= 0.3 is 0 Å². The molecule has 21 heavy (non-hydrogen) atoms. The Bertz CT molecular complexity index is 664. The van der Waals surface area contributed by atoms with E-state index in [-0.39, 0.29) is 5.92 Å². The first-order valence-electron chi connectivity index (χ1n) is 7.45. The molecule has 1 aliphatic heterocycles. The highest BCUT2D eigenvalue weighted by molar-refractivity contribution is 7.93. The van der Waals surface area contributed by atoms with E-state index in [0.29, 0.717) is 24.4 Å². The van der Waals surface area contributed by atoms with E-state index >= 15 is 0 Å². The maximum Gasteiger partial charge on any atom is 0.239 e. The molecule has 2 aliphatic rings. The van der Waals surface area contributed by atoms with E-state index in [1.165, 1.54) is 9.87 Å². The van der Waals surface area contributed by atoms with Crippen LogP contribution in [0.4, 0.5) is 0 Å². The maximum atomic E-state index is 12.7. The van der Waals surface area contributed by atoms with E-state index in [1.807, 2.05) is 24.3 Å². The van der Waals surface area contributed by atoms with Gasteiger partial charge in [-0.3, -0.25) is 0 Å². The molecular weight excluding hydrogens is 286 g/mol. The number of aliphatic hydroxyl groups excluding tert-OH is 1. The Kier molecular flexibility index (Phi) is 3.90. The summed E-state index contributed by atoms with van der Waals surface area (Å²) in [7, 11) is -3.39. The molecule has 0 aromatic heterocycles. The van der Waals surface area contributed by atoms with Crippen molar-refractivity contribution >= 4 is 16.1 Å². The van der Waals surface area contributed by atoms with Crippen molar-refractivity contribution in [1.29, 1.82) is 0 Å². The minimum Gasteiger partial charge on any atom is -0.393 e. The Morgan fingerprint density at radius 3 is 2.76 bits per heavy atom. The van der Waals surface area contributed by atoms with Crippen LogP contribution < -0.4 is 0 Å². The lowest BCUT2D eigenvalue weighted by molar-refractivity contribution is 0.133. The zero-order chi connectivity index (χ0) is 15.0. The third-order valence-corrected chi connectivity index (χ3v) is 6.55. The molecule has 2 atom stereocenters. The van der Waals surface area contributed by atoms with E-state index in [2.05, 4.69) is 6.07 Å². The van der Waals surface area contributed by atoms with Crippen molar-refractivity contribution in [3.05, 3.63) is 40.3 Å². The van der Waals surface area contributed by atoms with Crippen LogP contribution in [0.5, 0.6) is 0 Å². The number of fused-ring (bicyclic) bond motifs is 1. The summed E-state index contributed by atoms with van der Waals surface area (Å²) in [5, 5.41) is 9.64. The van der Waals surface area contributed by atoms with Gasteiger partial charge in [-0.05, 0) is 49.3 Å². The predicted octanol–water partition coefficient (Wildman–Crippen LogP) is 2.01. The number of benzene rings is 1. The molecule has 3 rings (SSSR count). The summed E-state index contributed by atoms with van der Waals surface area (Å²) >= 11 is 0. The molecule has 1 aromatic rings. The lowest BCUT2D eigenvalue weighted by atomic mass is 9.98. The van der Waals surface area contributed by atoms with Gasteiger partial charge in [0, 0.05) is 13.1 Å². The maximum absolute atomic E-state index is 12.7. The van der Waals surface area contributed by atoms with Gasteiger partial charge in [0.1, 0.15) is 0 Å². The van der Waals surface area contributed by atoms with Gasteiger partial charge in [-0.25, -0.2) is 8.42 Å². The molecule has 1 aromatic carbocycles. The summed E-state index contributed by atoms with van der Waals surface area (Å²) in [6.07, 6.45) is 3.43. The molecule has 1 N–H and O–H groups in total. The summed E-state index contributed by atoms with van der Waals surface area (Å²) in [6.45, 7) is 2.67. The van der Waals surface area contributed by atoms with E-state index in [1.54, 1.807) is 6.92 Å². The highest BCUT2D eigenvalue weighted by atomic mass is 32.2. The lowest BCUT2D eigenvalue weighted by Gasteiger charge is -2.22. The smallest absolute Gasteiger partial charge is 0.239 e. The number of nitrogens with zero attached hydrogens (tertiary/aromatic N) is 1. The minimum atomic E-state index is -3.39. The largest absolute Gasteiger partial charge is 0.393 e. The van der Waals surface area contributed by atoms with Crippen molar-refractivity contribution in [2.45, 2.75) is 32.3 Å². The standard InChI is InChI=1S/C16H21NO3S/c1-12(18)15-8-9-17(11-15)21(19,20)16-7-6-13-4-2-3-5-14(13)10-16/h2-5,10,12,15,18H,6-9,11H2,1H3. The molecule has 1 aliphatic carbocycles. The molecule has 0 radical (unpaired) electrons. The van der Waals surface area contributed by atoms with Crippen LogP contribution in [-0.4, -0.2) is 37.0 Å². The molecule has 0 saturated carbocycles. The van der Waals surface area contributed by atoms with Crippen LogP contribution >= 0.6 is 0 Å². The zero-order valence-electron chi connectivity index (χ0n) is 12.2. The van der Waals surface area contributed by atoms with E-state index in [9.17, 15) is 13.5 Å². The lowest BCUT2D eigenvalue weighted by Crippen LogP contribution is -2.32. The third kappa shape index (κ3) is 2.78. The Morgan fingerprint density at radius 2 is 2.05 bits per heavy atom. The molecule has 1 saturated heterocycles. The van der Waals surface area contributed by atoms with Gasteiger partial charge in [-0.1, -0.05) is 24.3 Å². The molecule has 1 fully saturated rings. The molecule has 5 heteroatoms. The summed E-state index contributed by atoms with van der Waals surface area (Å²) in [4.78, 5) is 0.507. The number of aryl methyl sites for hydroxylation is 1. The number of hydrogen-bond donors (Lipinski definition) is 1. The Labute approximate surface area is 126 Å². The van der Waals surface area contributed by atoms with Crippen LogP contribution in [0.2, 0.25) is 0 Å². The van der Waals surface area contributed by atoms with Crippen LogP contribution in [0, 0.1) is 5.92 Å². The fourth-order valence-corrected chi connectivity index (χ4v) is 4.84. The first kappa shape index (κ1) is 14.8. The van der Waals surface area contributed by atoms with E-state index in [4.69, 9.17) is 0 Å². The number of hydrogen-bond acceptors (Lipinski definition) is 3. The Hall–Kier alpha value is -1.17. The fraction of sp³-hybridized carbons (Fsp3) is 0.500. The normalized spacial score (nSPS) is 24.5. The molecule has 114 valence electrons. The third-order valence-electron chi connectivity index (χ3n) is 4.55. The van der Waals surface area contributed by atoms with Crippen LogP contribution in [0.3, 0.4) is 0 Å². The molecular formula is C16H21NO3S. The van der Waals surface area contributed by atoms with E-state index in [0.717, 1.165) is 18.4 Å². The molecule has 0 bridgehead atoms. The number of allylic oxidation sites excluding steroid dienone is 1. The second-order valence-electron chi connectivity index (χ2n) is 5.96. The number of sulfonamides is 1. The Morgan fingerprint density at radius 1 is 1.29 bits per heavy atom. The van der Waals surface area contributed by atoms with Crippen LogP contribution in [0.15, 0.2) is 29.2 Å². The zero-order valence-corrected chi connectivity index (χ0v) is 13.0. The predicted molar refractivity (Wildman–Crippen MR) is 83.0 cm³/mol. The average molecular weight is 307 g/mol. The second-order valence-corrected chi connectivity index (χ2v) is 7.95. The van der Waals surface area contributed by atoms with Crippen molar-refractivity contribution in [1.82, 2.24) is 4.31 Å².